The minimum Gasteiger partial charge on any atom is -0.295 e. The van der Waals surface area contributed by atoms with Crippen molar-refractivity contribution in [1.29, 1.82) is 0 Å². The molecule has 0 spiro atoms. The number of alkyl halides is 1. The van der Waals surface area contributed by atoms with Crippen molar-refractivity contribution in [3.63, 3.8) is 0 Å². The summed E-state index contributed by atoms with van der Waals surface area (Å²) in [6.07, 6.45) is 0.672. The molecule has 0 unspecified atom stereocenters. The van der Waals surface area contributed by atoms with Crippen molar-refractivity contribution in [3.8, 4) is 5.69 Å². The summed E-state index contributed by atoms with van der Waals surface area (Å²) in [5.41, 5.74) is 2.78. The summed E-state index contributed by atoms with van der Waals surface area (Å²) in [6.45, 7) is 0. The van der Waals surface area contributed by atoms with E-state index in [0.717, 1.165) is 31.5 Å². The van der Waals surface area contributed by atoms with Crippen LogP contribution >= 0.6 is 55.1 Å². The van der Waals surface area contributed by atoms with Crippen LogP contribution in [0.5, 0.6) is 0 Å². The summed E-state index contributed by atoms with van der Waals surface area (Å²) in [5.74, 6) is 1.40. The number of nitrogens with zero attached hydrogens (tertiary/aromatic N) is 2. The minimum absolute atomic E-state index is 0.507. The number of aromatic nitrogens is 2. The number of halogens is 4. The van der Waals surface area contributed by atoms with Crippen molar-refractivity contribution in [2.75, 3.05) is 5.88 Å². The van der Waals surface area contributed by atoms with Crippen molar-refractivity contribution < 1.29 is 0 Å². The Bertz CT molecular complexity index is 815. The highest BCUT2D eigenvalue weighted by atomic mass is 79.9. The topological polar surface area (TPSA) is 17.8 Å². The van der Waals surface area contributed by atoms with Crippen molar-refractivity contribution in [1.82, 2.24) is 9.55 Å². The molecule has 0 atom stereocenters. The molecule has 2 nitrogen and oxygen atoms in total. The maximum atomic E-state index is 6.27. The molecule has 0 aliphatic rings. The molecule has 3 rings (SSSR count). The summed E-state index contributed by atoms with van der Waals surface area (Å²) < 4.78 is 4.08. The van der Waals surface area contributed by atoms with Crippen LogP contribution in [0.25, 0.3) is 16.7 Å². The first kappa shape index (κ1) is 15.3. The first-order valence-electron chi connectivity index (χ1n) is 6.29. The monoisotopic (exact) mass is 446 g/mol. The molecule has 1 heterocycles. The van der Waals surface area contributed by atoms with Crippen LogP contribution in [0.3, 0.4) is 0 Å². The van der Waals surface area contributed by atoms with E-state index >= 15 is 0 Å². The quantitative estimate of drug-likeness (QED) is 0.450. The third-order valence-electron chi connectivity index (χ3n) is 3.17. The van der Waals surface area contributed by atoms with Gasteiger partial charge in [0, 0.05) is 21.2 Å². The number of rotatable bonds is 3. The molecule has 0 aliphatic heterocycles. The lowest BCUT2D eigenvalue weighted by Crippen LogP contribution is -2.03. The van der Waals surface area contributed by atoms with E-state index in [1.807, 2.05) is 36.4 Å². The zero-order valence-corrected chi connectivity index (χ0v) is 15.5. The average molecular weight is 449 g/mol. The molecule has 0 amide bonds. The second kappa shape index (κ2) is 6.29. The fraction of sp³-hybridized carbons (Fsp3) is 0.133. The normalized spacial score (nSPS) is 11.2. The molecule has 6 heteroatoms. The van der Waals surface area contributed by atoms with E-state index in [9.17, 15) is 0 Å². The Labute approximate surface area is 149 Å². The van der Waals surface area contributed by atoms with Gasteiger partial charge in [-0.05, 0) is 46.3 Å². The van der Waals surface area contributed by atoms with Gasteiger partial charge in [0.05, 0.1) is 16.2 Å². The fourth-order valence-electron chi connectivity index (χ4n) is 2.29. The van der Waals surface area contributed by atoms with Gasteiger partial charge in [-0.3, -0.25) is 4.57 Å². The Hall–Kier alpha value is -0.550. The number of benzene rings is 2. The number of hydrogen-bond donors (Lipinski definition) is 0. The Morgan fingerprint density at radius 1 is 1.14 bits per heavy atom. The molecule has 0 saturated heterocycles. The summed E-state index contributed by atoms with van der Waals surface area (Å²) in [6, 6.07) is 11.8. The van der Waals surface area contributed by atoms with Gasteiger partial charge < -0.3 is 0 Å². The fourth-order valence-corrected chi connectivity index (χ4v) is 3.45. The van der Waals surface area contributed by atoms with Gasteiger partial charge in [0.1, 0.15) is 11.3 Å². The van der Waals surface area contributed by atoms with Gasteiger partial charge in [-0.25, -0.2) is 4.98 Å². The van der Waals surface area contributed by atoms with Crippen LogP contribution in [-0.4, -0.2) is 15.4 Å². The third-order valence-corrected chi connectivity index (χ3v) is 4.83. The number of fused-ring (bicyclic) bond motifs is 1. The predicted molar refractivity (Wildman–Crippen MR) is 95.9 cm³/mol. The van der Waals surface area contributed by atoms with Crippen molar-refractivity contribution >= 4 is 66.1 Å². The minimum atomic E-state index is 0.507. The van der Waals surface area contributed by atoms with Crippen molar-refractivity contribution in [2.24, 2.45) is 0 Å². The van der Waals surface area contributed by atoms with Crippen molar-refractivity contribution in [2.45, 2.75) is 6.42 Å². The number of para-hydroxylation sites is 1. The number of aryl methyl sites for hydroxylation is 1. The van der Waals surface area contributed by atoms with E-state index in [4.69, 9.17) is 23.2 Å². The highest BCUT2D eigenvalue weighted by molar-refractivity contribution is 9.11. The van der Waals surface area contributed by atoms with E-state index in [1.165, 1.54) is 0 Å². The third kappa shape index (κ3) is 2.87. The predicted octanol–water partition coefficient (Wildman–Crippen LogP) is 5.99. The summed E-state index contributed by atoms with van der Waals surface area (Å²) in [7, 11) is 0. The molecule has 0 N–H and O–H groups in total. The molecule has 2 aromatic carbocycles. The van der Waals surface area contributed by atoms with Gasteiger partial charge in [-0.1, -0.05) is 33.6 Å². The van der Waals surface area contributed by atoms with Crippen LogP contribution in [0, 0.1) is 0 Å². The maximum absolute atomic E-state index is 6.27. The smallest absolute Gasteiger partial charge is 0.115 e. The van der Waals surface area contributed by atoms with Gasteiger partial charge >= 0.3 is 0 Å². The lowest BCUT2D eigenvalue weighted by Gasteiger charge is -2.11. The van der Waals surface area contributed by atoms with Crippen LogP contribution in [0.1, 0.15) is 5.82 Å². The van der Waals surface area contributed by atoms with Crippen LogP contribution in [-0.2, 0) is 6.42 Å². The van der Waals surface area contributed by atoms with Gasteiger partial charge in [0.25, 0.3) is 0 Å². The summed E-state index contributed by atoms with van der Waals surface area (Å²) in [4.78, 5) is 4.66. The molecule has 0 saturated carbocycles. The van der Waals surface area contributed by atoms with E-state index in [2.05, 4.69) is 41.4 Å². The first-order chi connectivity index (χ1) is 10.1. The van der Waals surface area contributed by atoms with Crippen LogP contribution in [0.15, 0.2) is 45.3 Å². The van der Waals surface area contributed by atoms with Gasteiger partial charge in [-0.2, -0.15) is 0 Å². The molecule has 108 valence electrons. The van der Waals surface area contributed by atoms with Crippen LogP contribution in [0.2, 0.25) is 5.02 Å². The highest BCUT2D eigenvalue weighted by Crippen LogP contribution is 2.32. The molecule has 0 radical (unpaired) electrons. The number of hydrogen-bond acceptors (Lipinski definition) is 1. The average Bonchev–Trinajstić information content (AvgIpc) is 2.82. The Morgan fingerprint density at radius 3 is 2.71 bits per heavy atom. The summed E-state index contributed by atoms with van der Waals surface area (Å²) >= 11 is 19.3. The molecule has 3 aromatic rings. The zero-order chi connectivity index (χ0) is 15.0. The maximum Gasteiger partial charge on any atom is 0.115 e. The highest BCUT2D eigenvalue weighted by Gasteiger charge is 2.16. The lowest BCUT2D eigenvalue weighted by atomic mass is 10.2. The first-order valence-corrected chi connectivity index (χ1v) is 8.79. The molecular weight excluding hydrogens is 439 g/mol. The van der Waals surface area contributed by atoms with E-state index in [1.54, 1.807) is 0 Å². The Morgan fingerprint density at radius 2 is 1.95 bits per heavy atom. The van der Waals surface area contributed by atoms with Gasteiger partial charge in [-0.15, -0.1) is 11.6 Å². The molecule has 0 aliphatic carbocycles. The molecule has 0 fully saturated rings. The second-order valence-electron chi connectivity index (χ2n) is 4.51. The van der Waals surface area contributed by atoms with E-state index in [0.29, 0.717) is 17.3 Å². The Balaban J connectivity index is 2.36. The SMILES string of the molecule is ClCCc1nc2c(Cl)cccc2n1-c1cc(Br)ccc1Br. The lowest BCUT2D eigenvalue weighted by molar-refractivity contribution is 0.909. The number of imidazole rings is 1. The van der Waals surface area contributed by atoms with Gasteiger partial charge in [0.15, 0.2) is 0 Å². The largest absolute Gasteiger partial charge is 0.295 e. The zero-order valence-electron chi connectivity index (χ0n) is 10.8. The molecule has 1 aromatic heterocycles. The Kier molecular flexibility index (Phi) is 4.60. The summed E-state index contributed by atoms with van der Waals surface area (Å²) in [5, 5.41) is 0.646. The van der Waals surface area contributed by atoms with E-state index < -0.39 is 0 Å². The van der Waals surface area contributed by atoms with Crippen LogP contribution in [0.4, 0.5) is 0 Å². The van der Waals surface area contributed by atoms with Crippen LogP contribution < -0.4 is 0 Å². The second-order valence-corrected chi connectivity index (χ2v) is 7.06. The van der Waals surface area contributed by atoms with Crippen molar-refractivity contribution in [3.05, 3.63) is 56.2 Å². The molecule has 21 heavy (non-hydrogen) atoms. The van der Waals surface area contributed by atoms with Gasteiger partial charge in [0.2, 0.25) is 0 Å². The van der Waals surface area contributed by atoms with E-state index in [-0.39, 0.29) is 0 Å². The standard InChI is InChI=1S/C15H10Br2Cl2N2/c16-9-4-5-10(17)13(8-9)21-12-3-1-2-11(19)15(12)20-14(21)6-7-18/h1-5,8H,6-7H2. The molecule has 0 bridgehead atoms. The molecular formula is C15H10Br2Cl2N2.